The van der Waals surface area contributed by atoms with E-state index < -0.39 is 10.0 Å². The molecule has 2 heterocycles. The monoisotopic (exact) mass is 446 g/mol. The molecule has 0 atom stereocenters. The average Bonchev–Trinajstić information content (AvgIpc) is 3.21. The lowest BCUT2D eigenvalue weighted by molar-refractivity contribution is 0.179. The van der Waals surface area contributed by atoms with Crippen molar-refractivity contribution in [2.45, 2.75) is 4.90 Å². The highest BCUT2D eigenvalue weighted by molar-refractivity contribution is 7.89. The first-order valence-electron chi connectivity index (χ1n) is 9.72. The van der Waals surface area contributed by atoms with E-state index in [-0.39, 0.29) is 10.8 Å². The molecule has 5 aromatic rings. The van der Waals surface area contributed by atoms with Crippen LogP contribution in [0.1, 0.15) is 0 Å². The highest BCUT2D eigenvalue weighted by atomic mass is 32.2. The van der Waals surface area contributed by atoms with Crippen LogP contribution in [0.3, 0.4) is 0 Å². The minimum absolute atomic E-state index is 0.111. The quantitative estimate of drug-likeness (QED) is 0.409. The summed E-state index contributed by atoms with van der Waals surface area (Å²) in [4.78, 5) is 16.5. The topological polar surface area (TPSA) is 103 Å². The van der Waals surface area contributed by atoms with Gasteiger partial charge in [0.15, 0.2) is 5.82 Å². The first kappa shape index (κ1) is 20.0. The Morgan fingerprint density at radius 3 is 2.41 bits per heavy atom. The second-order valence-electron chi connectivity index (χ2n) is 7.23. The molecule has 2 aromatic heterocycles. The van der Waals surface area contributed by atoms with Crippen LogP contribution in [0.2, 0.25) is 0 Å². The standard InChI is InChI=1S/C22H18N6O3S/c1-27(2)32(29,30)16-12-13-19-20(14-16)28(26-25-19)31-22-17-10-6-7-11-18(17)23-21(24-22)15-8-4-3-5-9-15/h3-14H,1-2H3. The van der Waals surface area contributed by atoms with Crippen LogP contribution in [-0.2, 0) is 10.0 Å². The van der Waals surface area contributed by atoms with Crippen LogP contribution in [0.5, 0.6) is 5.88 Å². The van der Waals surface area contributed by atoms with Gasteiger partial charge in [-0.25, -0.2) is 17.7 Å². The van der Waals surface area contributed by atoms with Gasteiger partial charge in [0.25, 0.3) is 5.88 Å². The summed E-state index contributed by atoms with van der Waals surface area (Å²) in [6.07, 6.45) is 0. The molecule has 0 saturated heterocycles. The Morgan fingerprint density at radius 1 is 0.875 bits per heavy atom. The van der Waals surface area contributed by atoms with Crippen LogP contribution < -0.4 is 4.84 Å². The van der Waals surface area contributed by atoms with Crippen molar-refractivity contribution >= 4 is 32.0 Å². The van der Waals surface area contributed by atoms with Crippen molar-refractivity contribution in [2.24, 2.45) is 0 Å². The molecule has 5 rings (SSSR count). The predicted molar refractivity (Wildman–Crippen MR) is 119 cm³/mol. The number of sulfonamides is 1. The van der Waals surface area contributed by atoms with Crippen LogP contribution in [-0.4, -0.2) is 51.9 Å². The van der Waals surface area contributed by atoms with Gasteiger partial charge in [-0.3, -0.25) is 0 Å². The van der Waals surface area contributed by atoms with Gasteiger partial charge in [0.1, 0.15) is 11.0 Å². The molecule has 0 aliphatic heterocycles. The van der Waals surface area contributed by atoms with E-state index in [2.05, 4.69) is 20.3 Å². The number of aromatic nitrogens is 5. The van der Waals surface area contributed by atoms with Gasteiger partial charge >= 0.3 is 0 Å². The van der Waals surface area contributed by atoms with Crippen LogP contribution in [0.15, 0.2) is 77.7 Å². The number of hydrogen-bond donors (Lipinski definition) is 0. The van der Waals surface area contributed by atoms with Gasteiger partial charge in [-0.15, -0.1) is 5.10 Å². The van der Waals surface area contributed by atoms with Crippen molar-refractivity contribution in [3.63, 3.8) is 0 Å². The molecule has 0 fully saturated rings. The van der Waals surface area contributed by atoms with E-state index in [9.17, 15) is 8.42 Å². The van der Waals surface area contributed by atoms with Crippen LogP contribution >= 0.6 is 0 Å². The summed E-state index contributed by atoms with van der Waals surface area (Å²) in [5.74, 6) is 0.779. The molecule has 0 spiro atoms. The van der Waals surface area contributed by atoms with Gasteiger partial charge in [0.05, 0.1) is 15.8 Å². The van der Waals surface area contributed by atoms with Crippen molar-refractivity contribution in [3.05, 3.63) is 72.8 Å². The van der Waals surface area contributed by atoms with E-state index in [0.717, 1.165) is 9.87 Å². The van der Waals surface area contributed by atoms with Crippen molar-refractivity contribution in [3.8, 4) is 17.3 Å². The normalized spacial score (nSPS) is 12.0. The molecule has 0 bridgehead atoms. The largest absolute Gasteiger partial charge is 0.335 e. The Balaban J connectivity index is 1.65. The molecule has 160 valence electrons. The Bertz CT molecular complexity index is 1550. The molecule has 9 nitrogen and oxygen atoms in total. The number of nitrogens with zero attached hydrogens (tertiary/aromatic N) is 6. The Hall–Kier alpha value is -3.89. The van der Waals surface area contributed by atoms with Crippen molar-refractivity contribution in [1.29, 1.82) is 0 Å². The minimum Gasteiger partial charge on any atom is -0.335 e. The maximum atomic E-state index is 12.6. The highest BCUT2D eigenvalue weighted by Crippen LogP contribution is 2.27. The first-order chi connectivity index (χ1) is 15.4. The van der Waals surface area contributed by atoms with E-state index in [4.69, 9.17) is 4.84 Å². The fourth-order valence-corrected chi connectivity index (χ4v) is 4.15. The SMILES string of the molecule is CN(C)S(=O)(=O)c1ccc2nnn(Oc3nc(-c4ccccc4)nc4ccccc34)c2c1. The zero-order chi connectivity index (χ0) is 22.3. The van der Waals surface area contributed by atoms with E-state index in [1.54, 1.807) is 6.07 Å². The van der Waals surface area contributed by atoms with Gasteiger partial charge in [-0.2, -0.15) is 4.98 Å². The van der Waals surface area contributed by atoms with Crippen LogP contribution in [0, 0.1) is 0 Å². The molecule has 0 aliphatic carbocycles. The third-order valence-corrected chi connectivity index (χ3v) is 6.75. The Kier molecular flexibility index (Phi) is 4.80. The summed E-state index contributed by atoms with van der Waals surface area (Å²) in [5, 5.41) is 8.81. The maximum absolute atomic E-state index is 12.6. The van der Waals surface area contributed by atoms with E-state index in [1.807, 2.05) is 54.6 Å². The summed E-state index contributed by atoms with van der Waals surface area (Å²) in [6.45, 7) is 0. The molecule has 0 radical (unpaired) electrons. The second-order valence-corrected chi connectivity index (χ2v) is 9.38. The fraction of sp³-hybridized carbons (Fsp3) is 0.0909. The predicted octanol–water partition coefficient (Wildman–Crippen LogP) is 3.13. The highest BCUT2D eigenvalue weighted by Gasteiger charge is 2.20. The summed E-state index contributed by atoms with van der Waals surface area (Å²) in [6, 6.07) is 21.6. The molecule has 10 heteroatoms. The molecular weight excluding hydrogens is 428 g/mol. The van der Waals surface area contributed by atoms with E-state index in [1.165, 1.54) is 31.1 Å². The fourth-order valence-electron chi connectivity index (χ4n) is 3.23. The minimum atomic E-state index is -3.63. The molecule has 0 saturated carbocycles. The molecule has 0 aliphatic rings. The molecule has 3 aromatic carbocycles. The van der Waals surface area contributed by atoms with Gasteiger partial charge in [0, 0.05) is 19.7 Å². The number of benzene rings is 3. The average molecular weight is 446 g/mol. The van der Waals surface area contributed by atoms with Gasteiger partial charge < -0.3 is 4.84 Å². The summed E-state index contributed by atoms with van der Waals surface area (Å²) < 4.78 is 26.3. The molecule has 0 N–H and O–H groups in total. The Morgan fingerprint density at radius 2 is 1.62 bits per heavy atom. The lowest BCUT2D eigenvalue weighted by atomic mass is 10.2. The first-order valence-corrected chi connectivity index (χ1v) is 11.2. The molecule has 0 amide bonds. The molecule has 32 heavy (non-hydrogen) atoms. The smallest absolute Gasteiger partial charge is 0.260 e. The van der Waals surface area contributed by atoms with Crippen LogP contribution in [0.4, 0.5) is 0 Å². The van der Waals surface area contributed by atoms with Gasteiger partial charge in [-0.05, 0) is 35.5 Å². The van der Waals surface area contributed by atoms with Crippen LogP contribution in [0.25, 0.3) is 33.3 Å². The molecule has 0 unspecified atom stereocenters. The zero-order valence-electron chi connectivity index (χ0n) is 17.2. The van der Waals surface area contributed by atoms with Gasteiger partial charge in [-0.1, -0.05) is 47.3 Å². The summed E-state index contributed by atoms with van der Waals surface area (Å²) >= 11 is 0. The summed E-state index contributed by atoms with van der Waals surface area (Å²) in [5.41, 5.74) is 2.43. The third kappa shape index (κ3) is 3.45. The van der Waals surface area contributed by atoms with Crippen molar-refractivity contribution in [1.82, 2.24) is 29.4 Å². The third-order valence-electron chi connectivity index (χ3n) is 4.94. The molecular formula is C22H18N6O3S. The number of hydrogen-bond acceptors (Lipinski definition) is 7. The maximum Gasteiger partial charge on any atom is 0.260 e. The van der Waals surface area contributed by atoms with Crippen molar-refractivity contribution in [2.75, 3.05) is 14.1 Å². The van der Waals surface area contributed by atoms with Gasteiger partial charge in [0.2, 0.25) is 10.0 Å². The second kappa shape index (κ2) is 7.66. The number of fused-ring (bicyclic) bond motifs is 2. The van der Waals surface area contributed by atoms with E-state index >= 15 is 0 Å². The summed E-state index contributed by atoms with van der Waals surface area (Å²) in [7, 11) is -0.678. The van der Waals surface area contributed by atoms with Crippen molar-refractivity contribution < 1.29 is 13.3 Å². The number of rotatable bonds is 5. The van der Waals surface area contributed by atoms with E-state index in [0.29, 0.717) is 27.8 Å². The lowest BCUT2D eigenvalue weighted by Crippen LogP contribution is -2.22. The number of para-hydroxylation sites is 1. The Labute approximate surface area is 183 Å². The zero-order valence-corrected chi connectivity index (χ0v) is 18.1. The lowest BCUT2D eigenvalue weighted by Gasteiger charge is -2.12.